The van der Waals surface area contributed by atoms with Gasteiger partial charge in [-0.05, 0) is 38.4 Å². The van der Waals surface area contributed by atoms with E-state index in [0.29, 0.717) is 63.2 Å². The Morgan fingerprint density at radius 2 is 1.97 bits per heavy atom. The Labute approximate surface area is 186 Å². The number of halogens is 1. The maximum atomic E-state index is 13.5. The standard InChI is InChI=1S/C22H28FN5O4/c1-2-31-22(30)28-11-9-27(10-12-28)19(29)15-26-8-4-6-17(14-26)21-24-20(25-32-21)16-5-3-7-18(23)13-16/h3,5,7,13,17H,2,4,6,8-12,14-15H2,1H3/t17-/m1/s1. The van der Waals surface area contributed by atoms with Crippen molar-refractivity contribution in [3.8, 4) is 11.4 Å². The van der Waals surface area contributed by atoms with Gasteiger partial charge in [0.15, 0.2) is 0 Å². The zero-order chi connectivity index (χ0) is 22.5. The molecule has 0 radical (unpaired) electrons. The van der Waals surface area contributed by atoms with Crippen molar-refractivity contribution in [2.75, 3.05) is 52.4 Å². The summed E-state index contributed by atoms with van der Waals surface area (Å²) in [6.07, 6.45) is 1.50. The number of ether oxygens (including phenoxy) is 1. The highest BCUT2D eigenvalue weighted by Crippen LogP contribution is 2.27. The van der Waals surface area contributed by atoms with E-state index in [0.717, 1.165) is 19.4 Å². The number of nitrogens with zero attached hydrogens (tertiary/aromatic N) is 5. The number of likely N-dealkylation sites (tertiary alicyclic amines) is 1. The van der Waals surface area contributed by atoms with Crippen LogP contribution in [-0.2, 0) is 9.53 Å². The molecular formula is C22H28FN5O4. The lowest BCUT2D eigenvalue weighted by Crippen LogP contribution is -2.53. The molecule has 1 aromatic heterocycles. The number of amides is 2. The molecule has 9 nitrogen and oxygen atoms in total. The third-order valence-electron chi connectivity index (χ3n) is 5.90. The molecule has 32 heavy (non-hydrogen) atoms. The van der Waals surface area contributed by atoms with Gasteiger partial charge in [-0.1, -0.05) is 17.3 Å². The maximum absolute atomic E-state index is 13.5. The highest BCUT2D eigenvalue weighted by atomic mass is 19.1. The molecule has 0 unspecified atom stereocenters. The van der Waals surface area contributed by atoms with E-state index in [2.05, 4.69) is 15.0 Å². The number of hydrogen-bond acceptors (Lipinski definition) is 7. The number of benzene rings is 1. The fraction of sp³-hybridized carbons (Fsp3) is 0.545. The Bertz CT molecular complexity index is 944. The van der Waals surface area contributed by atoms with E-state index in [1.807, 2.05) is 0 Å². The molecule has 1 aromatic carbocycles. The Morgan fingerprint density at radius 3 is 2.72 bits per heavy atom. The summed E-state index contributed by atoms with van der Waals surface area (Å²) < 4.78 is 24.0. The maximum Gasteiger partial charge on any atom is 0.409 e. The quantitative estimate of drug-likeness (QED) is 0.698. The molecule has 0 saturated carbocycles. The minimum Gasteiger partial charge on any atom is -0.450 e. The Morgan fingerprint density at radius 1 is 1.19 bits per heavy atom. The van der Waals surface area contributed by atoms with Crippen LogP contribution in [0.1, 0.15) is 31.6 Å². The van der Waals surface area contributed by atoms with Crippen molar-refractivity contribution in [2.45, 2.75) is 25.7 Å². The Balaban J connectivity index is 1.30. The lowest BCUT2D eigenvalue weighted by molar-refractivity contribution is -0.134. The zero-order valence-electron chi connectivity index (χ0n) is 18.2. The van der Waals surface area contributed by atoms with Crippen molar-refractivity contribution in [3.05, 3.63) is 36.0 Å². The Hall–Kier alpha value is -3.01. The van der Waals surface area contributed by atoms with Gasteiger partial charge in [-0.15, -0.1) is 0 Å². The molecule has 2 aromatic rings. The van der Waals surface area contributed by atoms with E-state index in [9.17, 15) is 14.0 Å². The monoisotopic (exact) mass is 445 g/mol. The second-order valence-electron chi connectivity index (χ2n) is 8.11. The van der Waals surface area contributed by atoms with Crippen molar-refractivity contribution in [1.82, 2.24) is 24.8 Å². The molecule has 2 amide bonds. The van der Waals surface area contributed by atoms with Gasteiger partial charge in [0.2, 0.25) is 17.6 Å². The predicted molar refractivity (Wildman–Crippen MR) is 113 cm³/mol. The molecule has 2 saturated heterocycles. The average molecular weight is 445 g/mol. The van der Waals surface area contributed by atoms with Gasteiger partial charge < -0.3 is 19.1 Å². The van der Waals surface area contributed by atoms with E-state index >= 15 is 0 Å². The van der Waals surface area contributed by atoms with Crippen molar-refractivity contribution in [1.29, 1.82) is 0 Å². The normalized spacial score (nSPS) is 19.8. The van der Waals surface area contributed by atoms with Gasteiger partial charge in [0.05, 0.1) is 19.1 Å². The predicted octanol–water partition coefficient (Wildman–Crippen LogP) is 2.36. The van der Waals surface area contributed by atoms with Crippen molar-refractivity contribution < 1.29 is 23.2 Å². The lowest BCUT2D eigenvalue weighted by Gasteiger charge is -2.36. The van der Waals surface area contributed by atoms with Gasteiger partial charge in [-0.3, -0.25) is 9.69 Å². The Kier molecular flexibility index (Phi) is 6.99. The first-order valence-corrected chi connectivity index (χ1v) is 11.0. The summed E-state index contributed by atoms with van der Waals surface area (Å²) in [6.45, 7) is 5.91. The van der Waals surface area contributed by atoms with E-state index in [4.69, 9.17) is 9.26 Å². The topological polar surface area (TPSA) is 92.0 Å². The van der Waals surface area contributed by atoms with Gasteiger partial charge in [-0.2, -0.15) is 4.98 Å². The molecule has 0 bridgehead atoms. The molecule has 0 N–H and O–H groups in total. The summed E-state index contributed by atoms with van der Waals surface area (Å²) in [6, 6.07) is 6.10. The van der Waals surface area contributed by atoms with Crippen LogP contribution in [0.2, 0.25) is 0 Å². The molecular weight excluding hydrogens is 417 g/mol. The summed E-state index contributed by atoms with van der Waals surface area (Å²) in [5.41, 5.74) is 0.574. The van der Waals surface area contributed by atoms with E-state index in [1.165, 1.54) is 12.1 Å². The highest BCUT2D eigenvalue weighted by Gasteiger charge is 2.30. The molecule has 4 rings (SSSR count). The van der Waals surface area contributed by atoms with Gasteiger partial charge in [0.25, 0.3) is 0 Å². The first kappa shape index (κ1) is 22.2. The molecule has 2 aliphatic heterocycles. The highest BCUT2D eigenvalue weighted by molar-refractivity contribution is 5.78. The summed E-state index contributed by atoms with van der Waals surface area (Å²) in [5, 5.41) is 4.01. The van der Waals surface area contributed by atoms with E-state index in [1.54, 1.807) is 28.9 Å². The molecule has 3 heterocycles. The molecule has 10 heteroatoms. The first-order valence-electron chi connectivity index (χ1n) is 11.0. The number of aromatic nitrogens is 2. The smallest absolute Gasteiger partial charge is 0.409 e. The van der Waals surface area contributed by atoms with E-state index < -0.39 is 0 Å². The summed E-state index contributed by atoms with van der Waals surface area (Å²) in [4.78, 5) is 34.6. The van der Waals surface area contributed by atoms with Crippen molar-refractivity contribution in [2.24, 2.45) is 0 Å². The van der Waals surface area contributed by atoms with Gasteiger partial charge in [0.1, 0.15) is 5.82 Å². The van der Waals surface area contributed by atoms with Crippen LogP contribution in [0.4, 0.5) is 9.18 Å². The van der Waals surface area contributed by atoms with Gasteiger partial charge >= 0.3 is 6.09 Å². The fourth-order valence-corrected chi connectivity index (χ4v) is 4.19. The van der Waals surface area contributed by atoms with Crippen LogP contribution in [0.15, 0.2) is 28.8 Å². The lowest BCUT2D eigenvalue weighted by atomic mass is 9.98. The summed E-state index contributed by atoms with van der Waals surface area (Å²) in [5.74, 6) is 0.628. The average Bonchev–Trinajstić information content (AvgIpc) is 3.30. The number of hydrogen-bond donors (Lipinski definition) is 0. The molecule has 2 aliphatic rings. The number of piperidine rings is 1. The summed E-state index contributed by atoms with van der Waals surface area (Å²) >= 11 is 0. The van der Waals surface area contributed by atoms with Crippen LogP contribution in [0, 0.1) is 5.82 Å². The largest absolute Gasteiger partial charge is 0.450 e. The zero-order valence-corrected chi connectivity index (χ0v) is 18.2. The molecule has 0 spiro atoms. The molecule has 0 aliphatic carbocycles. The van der Waals surface area contributed by atoms with Crippen LogP contribution >= 0.6 is 0 Å². The van der Waals surface area contributed by atoms with E-state index in [-0.39, 0.29) is 23.7 Å². The van der Waals surface area contributed by atoms with Crippen LogP contribution in [0.5, 0.6) is 0 Å². The van der Waals surface area contributed by atoms with Crippen LogP contribution in [-0.4, -0.2) is 89.3 Å². The van der Waals surface area contributed by atoms with Crippen molar-refractivity contribution in [3.63, 3.8) is 0 Å². The van der Waals surface area contributed by atoms with Crippen molar-refractivity contribution >= 4 is 12.0 Å². The van der Waals surface area contributed by atoms with Gasteiger partial charge in [0, 0.05) is 38.3 Å². The van der Waals surface area contributed by atoms with Crippen LogP contribution in [0.25, 0.3) is 11.4 Å². The molecule has 2 fully saturated rings. The van der Waals surface area contributed by atoms with Crippen LogP contribution in [0.3, 0.4) is 0 Å². The number of rotatable bonds is 5. The SMILES string of the molecule is CCOC(=O)N1CCN(C(=O)CN2CCC[C@@H](c3nc(-c4cccc(F)c4)no3)C2)CC1. The second-order valence-corrected chi connectivity index (χ2v) is 8.11. The number of carbonyl (C=O) groups is 2. The third kappa shape index (κ3) is 5.24. The minimum atomic E-state index is -0.348. The fourth-order valence-electron chi connectivity index (χ4n) is 4.19. The first-order chi connectivity index (χ1) is 15.5. The molecule has 1 atom stereocenters. The van der Waals surface area contributed by atoms with Crippen LogP contribution < -0.4 is 0 Å². The summed E-state index contributed by atoms with van der Waals surface area (Å²) in [7, 11) is 0. The minimum absolute atomic E-state index is 0.0343. The second kappa shape index (κ2) is 10.1. The number of piperazine rings is 1. The number of carbonyl (C=O) groups excluding carboxylic acids is 2. The third-order valence-corrected chi connectivity index (χ3v) is 5.90. The van der Waals surface area contributed by atoms with Gasteiger partial charge in [-0.25, -0.2) is 9.18 Å². The molecule has 172 valence electrons.